The highest BCUT2D eigenvalue weighted by molar-refractivity contribution is 7.89. The van der Waals surface area contributed by atoms with E-state index in [4.69, 9.17) is 16.3 Å². The molecule has 9 heteroatoms. The van der Waals surface area contributed by atoms with Gasteiger partial charge in [0, 0.05) is 12.6 Å². The van der Waals surface area contributed by atoms with Crippen LogP contribution < -0.4 is 10.0 Å². The number of carbonyl (C=O) groups excluding carboxylic acids is 2. The summed E-state index contributed by atoms with van der Waals surface area (Å²) in [6.07, 6.45) is 2.95. The van der Waals surface area contributed by atoms with Gasteiger partial charge >= 0.3 is 5.97 Å². The highest BCUT2D eigenvalue weighted by Crippen LogP contribution is 2.20. The zero-order chi connectivity index (χ0) is 19.2. The number of nitrogens with one attached hydrogen (secondary N) is 2. The number of rotatable bonds is 8. The molecule has 1 saturated carbocycles. The Morgan fingerprint density at radius 1 is 1.27 bits per heavy atom. The molecule has 26 heavy (non-hydrogen) atoms. The van der Waals surface area contributed by atoms with Crippen LogP contribution in [0.1, 0.15) is 39.0 Å². The topological polar surface area (TPSA) is 102 Å². The average molecular weight is 403 g/mol. The highest BCUT2D eigenvalue weighted by atomic mass is 35.5. The number of carbonyl (C=O) groups is 2. The first-order chi connectivity index (χ1) is 12.3. The van der Waals surface area contributed by atoms with Crippen LogP contribution in [0.2, 0.25) is 5.02 Å². The van der Waals surface area contributed by atoms with Gasteiger partial charge in [-0.25, -0.2) is 13.1 Å². The summed E-state index contributed by atoms with van der Waals surface area (Å²) in [5.74, 6) is -0.983. The van der Waals surface area contributed by atoms with Gasteiger partial charge in [0.15, 0.2) is 6.10 Å². The van der Waals surface area contributed by atoms with E-state index in [2.05, 4.69) is 10.0 Å². The molecule has 1 aromatic rings. The van der Waals surface area contributed by atoms with E-state index in [1.165, 1.54) is 19.1 Å². The second-order valence-corrected chi connectivity index (χ2v) is 8.34. The fourth-order valence-electron chi connectivity index (χ4n) is 2.73. The number of benzene rings is 1. The monoisotopic (exact) mass is 402 g/mol. The molecule has 0 heterocycles. The molecule has 1 aliphatic carbocycles. The maximum Gasteiger partial charge on any atom is 0.307 e. The summed E-state index contributed by atoms with van der Waals surface area (Å²) in [6, 6.07) is 6.16. The lowest BCUT2D eigenvalue weighted by Gasteiger charge is -2.17. The van der Waals surface area contributed by atoms with Gasteiger partial charge in [-0.3, -0.25) is 9.59 Å². The minimum Gasteiger partial charge on any atom is -0.453 e. The van der Waals surface area contributed by atoms with Crippen LogP contribution in [0.3, 0.4) is 0 Å². The van der Waals surface area contributed by atoms with Gasteiger partial charge in [-0.2, -0.15) is 0 Å². The summed E-state index contributed by atoms with van der Waals surface area (Å²) in [4.78, 5) is 23.7. The van der Waals surface area contributed by atoms with Crippen LogP contribution in [0, 0.1) is 0 Å². The Kier molecular flexibility index (Phi) is 7.43. The number of hydrogen-bond donors (Lipinski definition) is 2. The molecule has 7 nitrogen and oxygen atoms in total. The van der Waals surface area contributed by atoms with Crippen molar-refractivity contribution in [2.45, 2.75) is 56.1 Å². The Labute approximate surface area is 158 Å². The molecular formula is C17H23ClN2O5S. The minimum atomic E-state index is -3.82. The molecule has 1 fully saturated rings. The first kappa shape index (κ1) is 20.7. The largest absolute Gasteiger partial charge is 0.453 e. The molecule has 0 saturated heterocycles. The summed E-state index contributed by atoms with van der Waals surface area (Å²) in [7, 11) is -3.82. The van der Waals surface area contributed by atoms with Gasteiger partial charge in [-0.05, 0) is 31.9 Å². The van der Waals surface area contributed by atoms with Gasteiger partial charge < -0.3 is 10.1 Å². The number of ether oxygens (including phenoxy) is 1. The molecule has 1 amide bonds. The lowest BCUT2D eigenvalue weighted by Crippen LogP contribution is -2.41. The van der Waals surface area contributed by atoms with Crippen LogP contribution in [0.25, 0.3) is 0 Å². The van der Waals surface area contributed by atoms with Crippen LogP contribution in [0.15, 0.2) is 29.2 Å². The molecule has 1 aromatic carbocycles. The first-order valence-corrected chi connectivity index (χ1v) is 10.4. The van der Waals surface area contributed by atoms with Crippen LogP contribution in [0.4, 0.5) is 0 Å². The predicted octanol–water partition coefficient (Wildman–Crippen LogP) is 2.00. The van der Waals surface area contributed by atoms with Crippen molar-refractivity contribution >= 4 is 33.5 Å². The highest BCUT2D eigenvalue weighted by Gasteiger charge is 2.23. The van der Waals surface area contributed by atoms with Gasteiger partial charge in [0.2, 0.25) is 10.0 Å². The predicted molar refractivity (Wildman–Crippen MR) is 97.2 cm³/mol. The Bertz CT molecular complexity index is 747. The Balaban J connectivity index is 1.76. The summed E-state index contributed by atoms with van der Waals surface area (Å²) >= 11 is 5.87. The van der Waals surface area contributed by atoms with Gasteiger partial charge in [-0.15, -0.1) is 0 Å². The molecule has 0 unspecified atom stereocenters. The van der Waals surface area contributed by atoms with Crippen LogP contribution in [0.5, 0.6) is 0 Å². The second kappa shape index (κ2) is 9.34. The molecule has 2 N–H and O–H groups in total. The van der Waals surface area contributed by atoms with E-state index in [0.717, 1.165) is 25.7 Å². The van der Waals surface area contributed by atoms with Crippen molar-refractivity contribution in [3.63, 3.8) is 0 Å². The summed E-state index contributed by atoms with van der Waals surface area (Å²) in [5.41, 5.74) is 0. The van der Waals surface area contributed by atoms with Crippen LogP contribution in [-0.2, 0) is 24.3 Å². The quantitative estimate of drug-likeness (QED) is 0.647. The van der Waals surface area contributed by atoms with Gasteiger partial charge in [0.1, 0.15) is 4.90 Å². The third kappa shape index (κ3) is 5.96. The van der Waals surface area contributed by atoms with Crippen LogP contribution in [-0.4, -0.2) is 39.0 Å². The number of esters is 1. The Morgan fingerprint density at radius 3 is 2.58 bits per heavy atom. The average Bonchev–Trinajstić information content (AvgIpc) is 3.07. The van der Waals surface area contributed by atoms with Gasteiger partial charge in [0.25, 0.3) is 5.91 Å². The SMILES string of the molecule is C[C@H](OC(=O)CCNS(=O)(=O)c1ccccc1Cl)C(=O)NC1CCCC1. The first-order valence-electron chi connectivity index (χ1n) is 8.53. The summed E-state index contributed by atoms with van der Waals surface area (Å²) in [6.45, 7) is 1.35. The fourth-order valence-corrected chi connectivity index (χ4v) is 4.28. The molecule has 144 valence electrons. The van der Waals surface area contributed by atoms with Crippen molar-refractivity contribution in [3.05, 3.63) is 29.3 Å². The van der Waals surface area contributed by atoms with Crippen molar-refractivity contribution < 1.29 is 22.7 Å². The Morgan fingerprint density at radius 2 is 1.92 bits per heavy atom. The van der Waals surface area contributed by atoms with Crippen molar-refractivity contribution in [2.75, 3.05) is 6.54 Å². The molecule has 0 bridgehead atoms. The molecule has 0 spiro atoms. The fraction of sp³-hybridized carbons (Fsp3) is 0.529. The number of hydrogen-bond acceptors (Lipinski definition) is 5. The van der Waals surface area contributed by atoms with E-state index >= 15 is 0 Å². The number of halogens is 1. The maximum absolute atomic E-state index is 12.1. The number of amides is 1. The third-order valence-corrected chi connectivity index (χ3v) is 6.09. The standard InChI is InChI=1S/C17H23ClN2O5S/c1-12(17(22)20-13-6-2-3-7-13)25-16(21)10-11-19-26(23,24)15-9-5-4-8-14(15)18/h4-5,8-9,12-13,19H,2-3,6-7,10-11H2,1H3,(H,20,22)/t12-/m0/s1. The zero-order valence-corrected chi connectivity index (χ0v) is 16.1. The van der Waals surface area contributed by atoms with E-state index in [0.29, 0.717) is 0 Å². The van der Waals surface area contributed by atoms with Gasteiger partial charge in [-0.1, -0.05) is 36.6 Å². The normalized spacial score (nSPS) is 16.2. The second-order valence-electron chi connectivity index (χ2n) is 6.20. The molecule has 1 atom stereocenters. The van der Waals surface area contributed by atoms with Crippen molar-refractivity contribution in [1.29, 1.82) is 0 Å². The summed E-state index contributed by atoms with van der Waals surface area (Å²) < 4.78 is 31.6. The lowest BCUT2D eigenvalue weighted by molar-refractivity contribution is -0.154. The molecule has 0 radical (unpaired) electrons. The van der Waals surface area contributed by atoms with E-state index < -0.39 is 22.1 Å². The molecule has 2 rings (SSSR count). The lowest BCUT2D eigenvalue weighted by atomic mass is 10.2. The minimum absolute atomic E-state index is 0.0562. The summed E-state index contributed by atoms with van der Waals surface area (Å²) in [5, 5.41) is 2.95. The van der Waals surface area contributed by atoms with E-state index in [9.17, 15) is 18.0 Å². The van der Waals surface area contributed by atoms with Crippen molar-refractivity contribution in [3.8, 4) is 0 Å². The smallest absolute Gasteiger partial charge is 0.307 e. The molecule has 1 aliphatic rings. The molecule has 0 aromatic heterocycles. The van der Waals surface area contributed by atoms with Crippen LogP contribution >= 0.6 is 11.6 Å². The molecule has 0 aliphatic heterocycles. The van der Waals surface area contributed by atoms with Crippen molar-refractivity contribution in [1.82, 2.24) is 10.0 Å². The van der Waals surface area contributed by atoms with Crippen molar-refractivity contribution in [2.24, 2.45) is 0 Å². The van der Waals surface area contributed by atoms with E-state index in [1.54, 1.807) is 12.1 Å². The van der Waals surface area contributed by atoms with E-state index in [-0.39, 0.29) is 34.8 Å². The van der Waals surface area contributed by atoms with Gasteiger partial charge in [0.05, 0.1) is 11.4 Å². The zero-order valence-electron chi connectivity index (χ0n) is 14.5. The molecular weight excluding hydrogens is 380 g/mol. The number of sulfonamides is 1. The van der Waals surface area contributed by atoms with E-state index in [1.807, 2.05) is 0 Å². The third-order valence-electron chi connectivity index (χ3n) is 4.13. The Hall–Kier alpha value is -1.64. The maximum atomic E-state index is 12.1.